The van der Waals surface area contributed by atoms with E-state index in [-0.39, 0.29) is 0 Å². The van der Waals surface area contributed by atoms with Crippen molar-refractivity contribution in [1.82, 2.24) is 21.3 Å². The molecule has 0 aromatic heterocycles. The molecule has 0 aliphatic rings. The highest BCUT2D eigenvalue weighted by Gasteiger charge is 1.95. The normalized spacial score (nSPS) is 11.4. The molecule has 182 valence electrons. The van der Waals surface area contributed by atoms with Crippen LogP contribution < -0.4 is 32.7 Å². The molecule has 0 heterocycles. The number of hydrogen-bond acceptors (Lipinski definition) is 6. The van der Waals surface area contributed by atoms with E-state index in [1.807, 2.05) is 0 Å². The highest BCUT2D eigenvalue weighted by molar-refractivity contribution is 4.55. The molecule has 8 N–H and O–H groups in total. The summed E-state index contributed by atoms with van der Waals surface area (Å²) in [5.74, 6) is 0. The predicted octanol–water partition coefficient (Wildman–Crippen LogP) is 2.72. The van der Waals surface area contributed by atoms with Crippen LogP contribution in [0.3, 0.4) is 0 Å². The second kappa shape index (κ2) is 28.8. The van der Waals surface area contributed by atoms with Crippen LogP contribution in [0.2, 0.25) is 0 Å². The summed E-state index contributed by atoms with van der Waals surface area (Å²) in [5, 5.41) is 14.0. The Morgan fingerprint density at radius 3 is 0.800 bits per heavy atom. The third-order valence-electron chi connectivity index (χ3n) is 5.49. The minimum atomic E-state index is 0.790. The van der Waals surface area contributed by atoms with Crippen LogP contribution >= 0.6 is 0 Å². The van der Waals surface area contributed by atoms with Gasteiger partial charge in [-0.15, -0.1) is 0 Å². The Hall–Kier alpha value is -0.240. The van der Waals surface area contributed by atoms with Gasteiger partial charge in [-0.25, -0.2) is 0 Å². The second-order valence-electron chi connectivity index (χ2n) is 8.53. The largest absolute Gasteiger partial charge is 0.330 e. The Morgan fingerprint density at radius 2 is 0.500 bits per heavy atom. The standard InChI is InChI=1S/C24H56N6/c25-15-11-19-29-23-13-21-27-17-9-7-5-3-1-2-4-6-8-10-18-28-22-14-24-30-20-12-16-26/h27-30H,1-26H2. The fourth-order valence-corrected chi connectivity index (χ4v) is 3.55. The van der Waals surface area contributed by atoms with Crippen molar-refractivity contribution >= 4 is 0 Å². The van der Waals surface area contributed by atoms with Crippen molar-refractivity contribution in [3.05, 3.63) is 0 Å². The van der Waals surface area contributed by atoms with E-state index in [1.165, 1.54) is 90.1 Å². The lowest BCUT2D eigenvalue weighted by atomic mass is 10.1. The van der Waals surface area contributed by atoms with E-state index in [0.29, 0.717) is 0 Å². The number of nitrogens with two attached hydrogens (primary N) is 2. The Kier molecular flexibility index (Phi) is 28.5. The summed E-state index contributed by atoms with van der Waals surface area (Å²) in [4.78, 5) is 0. The molecule has 0 bridgehead atoms. The van der Waals surface area contributed by atoms with Crippen molar-refractivity contribution in [2.45, 2.75) is 89.9 Å². The van der Waals surface area contributed by atoms with Gasteiger partial charge in [0, 0.05) is 0 Å². The molecule has 0 unspecified atom stereocenters. The van der Waals surface area contributed by atoms with E-state index in [2.05, 4.69) is 21.3 Å². The van der Waals surface area contributed by atoms with E-state index in [0.717, 1.165) is 65.2 Å². The SMILES string of the molecule is NCCCNCCCNCCCCCCCCCCCCNCCCNCCCN. The molecule has 0 rings (SSSR count). The van der Waals surface area contributed by atoms with Crippen molar-refractivity contribution in [3.8, 4) is 0 Å². The van der Waals surface area contributed by atoms with Crippen LogP contribution in [0.15, 0.2) is 0 Å². The van der Waals surface area contributed by atoms with Gasteiger partial charge < -0.3 is 32.7 Å². The van der Waals surface area contributed by atoms with Gasteiger partial charge in [0.25, 0.3) is 0 Å². The molecule has 0 aromatic carbocycles. The molecule has 6 heteroatoms. The predicted molar refractivity (Wildman–Crippen MR) is 134 cm³/mol. The highest BCUT2D eigenvalue weighted by atomic mass is 14.9. The van der Waals surface area contributed by atoms with Crippen LogP contribution in [0.4, 0.5) is 0 Å². The van der Waals surface area contributed by atoms with Crippen LogP contribution in [-0.2, 0) is 0 Å². The van der Waals surface area contributed by atoms with Gasteiger partial charge in [-0.2, -0.15) is 0 Å². The summed E-state index contributed by atoms with van der Waals surface area (Å²) in [6.07, 6.45) is 18.6. The lowest BCUT2D eigenvalue weighted by Crippen LogP contribution is -2.24. The van der Waals surface area contributed by atoms with Gasteiger partial charge in [0.05, 0.1) is 0 Å². The van der Waals surface area contributed by atoms with Gasteiger partial charge >= 0.3 is 0 Å². The minimum absolute atomic E-state index is 0.790. The van der Waals surface area contributed by atoms with Crippen LogP contribution in [0.1, 0.15) is 89.9 Å². The van der Waals surface area contributed by atoms with Crippen molar-refractivity contribution in [1.29, 1.82) is 0 Å². The van der Waals surface area contributed by atoms with E-state index >= 15 is 0 Å². The average molecular weight is 429 g/mol. The zero-order valence-electron chi connectivity index (χ0n) is 20.1. The molecule has 0 saturated heterocycles. The fourth-order valence-electron chi connectivity index (χ4n) is 3.55. The second-order valence-corrected chi connectivity index (χ2v) is 8.53. The zero-order valence-corrected chi connectivity index (χ0v) is 20.1. The highest BCUT2D eigenvalue weighted by Crippen LogP contribution is 2.10. The summed E-state index contributed by atoms with van der Waals surface area (Å²) in [6.45, 7) is 10.5. The molecule has 0 atom stereocenters. The third-order valence-corrected chi connectivity index (χ3v) is 5.49. The van der Waals surface area contributed by atoms with Crippen molar-refractivity contribution < 1.29 is 0 Å². The molecular weight excluding hydrogens is 372 g/mol. The molecule has 0 fully saturated rings. The molecule has 0 spiro atoms. The molecule has 0 amide bonds. The molecule has 6 nitrogen and oxygen atoms in total. The lowest BCUT2D eigenvalue weighted by molar-refractivity contribution is 0.525. The maximum absolute atomic E-state index is 5.47. The fraction of sp³-hybridized carbons (Fsp3) is 1.00. The first-order valence-corrected chi connectivity index (χ1v) is 13.1. The molecule has 0 aromatic rings. The molecule has 0 aliphatic heterocycles. The molecule has 0 radical (unpaired) electrons. The maximum atomic E-state index is 5.47. The van der Waals surface area contributed by atoms with Crippen molar-refractivity contribution in [2.75, 3.05) is 65.4 Å². The van der Waals surface area contributed by atoms with Crippen molar-refractivity contribution in [3.63, 3.8) is 0 Å². The first kappa shape index (κ1) is 29.8. The van der Waals surface area contributed by atoms with Gasteiger partial charge in [0.15, 0.2) is 0 Å². The summed E-state index contributed by atoms with van der Waals surface area (Å²) >= 11 is 0. The first-order chi connectivity index (χ1) is 14.9. The Balaban J connectivity index is 2.97. The smallest absolute Gasteiger partial charge is 0.00368 e. The lowest BCUT2D eigenvalue weighted by Gasteiger charge is -2.07. The minimum Gasteiger partial charge on any atom is -0.330 e. The Labute approximate surface area is 188 Å². The molecule has 0 saturated carbocycles. The maximum Gasteiger partial charge on any atom is -0.00368 e. The van der Waals surface area contributed by atoms with E-state index in [1.54, 1.807) is 0 Å². The summed E-state index contributed by atoms with van der Waals surface area (Å²) in [6, 6.07) is 0. The third kappa shape index (κ3) is 27.8. The monoisotopic (exact) mass is 428 g/mol. The summed E-state index contributed by atoms with van der Waals surface area (Å²) in [7, 11) is 0. The van der Waals surface area contributed by atoms with E-state index < -0.39 is 0 Å². The van der Waals surface area contributed by atoms with Crippen LogP contribution in [0.5, 0.6) is 0 Å². The quantitative estimate of drug-likeness (QED) is 0.113. The average Bonchev–Trinajstić information content (AvgIpc) is 2.76. The number of rotatable bonds is 27. The van der Waals surface area contributed by atoms with E-state index in [9.17, 15) is 0 Å². The van der Waals surface area contributed by atoms with Crippen LogP contribution in [0, 0.1) is 0 Å². The number of nitrogens with one attached hydrogen (secondary N) is 4. The van der Waals surface area contributed by atoms with Crippen molar-refractivity contribution in [2.24, 2.45) is 11.5 Å². The van der Waals surface area contributed by atoms with Gasteiger partial charge in [0.2, 0.25) is 0 Å². The number of hydrogen-bond donors (Lipinski definition) is 6. The topological polar surface area (TPSA) is 100 Å². The van der Waals surface area contributed by atoms with Gasteiger partial charge in [-0.3, -0.25) is 0 Å². The Bertz CT molecular complexity index is 263. The van der Waals surface area contributed by atoms with Gasteiger partial charge in [-0.1, -0.05) is 51.4 Å². The zero-order chi connectivity index (χ0) is 21.8. The summed E-state index contributed by atoms with van der Waals surface area (Å²) < 4.78 is 0. The Morgan fingerprint density at radius 1 is 0.267 bits per heavy atom. The molecule has 0 aliphatic carbocycles. The van der Waals surface area contributed by atoms with Crippen LogP contribution in [-0.4, -0.2) is 65.4 Å². The van der Waals surface area contributed by atoms with Gasteiger partial charge in [-0.05, 0) is 104 Å². The number of unbranched alkanes of at least 4 members (excludes halogenated alkanes) is 9. The van der Waals surface area contributed by atoms with Crippen LogP contribution in [0.25, 0.3) is 0 Å². The van der Waals surface area contributed by atoms with Gasteiger partial charge in [0.1, 0.15) is 0 Å². The summed E-state index contributed by atoms with van der Waals surface area (Å²) in [5.41, 5.74) is 10.9. The molecule has 30 heavy (non-hydrogen) atoms. The first-order valence-electron chi connectivity index (χ1n) is 13.1. The molecular formula is C24H56N6. The van der Waals surface area contributed by atoms with E-state index in [4.69, 9.17) is 11.5 Å².